The van der Waals surface area contributed by atoms with E-state index < -0.39 is 0 Å². The zero-order chi connectivity index (χ0) is 14.2. The van der Waals surface area contributed by atoms with Gasteiger partial charge >= 0.3 is 0 Å². The fourth-order valence-corrected chi connectivity index (χ4v) is 3.34. The quantitative estimate of drug-likeness (QED) is 0.905. The van der Waals surface area contributed by atoms with Gasteiger partial charge in [0.25, 0.3) is 0 Å². The molecule has 3 unspecified atom stereocenters. The highest BCUT2D eigenvalue weighted by Gasteiger charge is 2.37. The fraction of sp³-hybridized carbons (Fsp3) is 0.812. The third-order valence-corrected chi connectivity index (χ3v) is 5.53. The van der Waals surface area contributed by atoms with Crippen molar-refractivity contribution in [3.05, 3.63) is 17.7 Å². The van der Waals surface area contributed by atoms with Crippen LogP contribution < -0.4 is 5.73 Å². The van der Waals surface area contributed by atoms with Crippen LogP contribution in [-0.4, -0.2) is 15.6 Å². The van der Waals surface area contributed by atoms with E-state index in [2.05, 4.69) is 44.2 Å². The molecule has 1 aliphatic carbocycles. The molecular weight excluding hydrogens is 234 g/mol. The number of nitrogens with zero attached hydrogens (tertiary/aromatic N) is 2. The van der Waals surface area contributed by atoms with Crippen LogP contribution in [0.3, 0.4) is 0 Å². The van der Waals surface area contributed by atoms with Crippen LogP contribution in [0, 0.1) is 25.2 Å². The minimum Gasteiger partial charge on any atom is -0.330 e. The zero-order valence-electron chi connectivity index (χ0n) is 13.1. The summed E-state index contributed by atoms with van der Waals surface area (Å²) in [6, 6.07) is 0.696. The molecular formula is C16H29N3. The Morgan fingerprint density at radius 2 is 2.05 bits per heavy atom. The molecule has 0 aliphatic heterocycles. The van der Waals surface area contributed by atoms with E-state index in [1.807, 2.05) is 6.33 Å². The van der Waals surface area contributed by atoms with Crippen LogP contribution >= 0.6 is 0 Å². The van der Waals surface area contributed by atoms with Crippen LogP contribution in [0.4, 0.5) is 0 Å². The van der Waals surface area contributed by atoms with Gasteiger partial charge in [0.2, 0.25) is 0 Å². The highest BCUT2D eigenvalue weighted by atomic mass is 15.1. The summed E-state index contributed by atoms with van der Waals surface area (Å²) in [5.74, 6) is 0.768. The van der Waals surface area contributed by atoms with Gasteiger partial charge in [0.05, 0.1) is 18.1 Å². The maximum absolute atomic E-state index is 6.39. The minimum atomic E-state index is 0.274. The van der Waals surface area contributed by atoms with Gasteiger partial charge in [-0.2, -0.15) is 0 Å². The third-order valence-electron chi connectivity index (χ3n) is 5.53. The summed E-state index contributed by atoms with van der Waals surface area (Å²) in [6.07, 6.45) is 6.82. The van der Waals surface area contributed by atoms with Gasteiger partial charge in [-0.1, -0.05) is 27.2 Å². The third kappa shape index (κ3) is 2.71. The molecule has 2 N–H and O–H groups in total. The second kappa shape index (κ2) is 5.28. The minimum absolute atomic E-state index is 0.274. The molecule has 0 bridgehead atoms. The normalized spacial score (nSPS) is 28.6. The summed E-state index contributed by atoms with van der Waals surface area (Å²) >= 11 is 0. The molecule has 0 amide bonds. The van der Waals surface area contributed by atoms with E-state index in [-0.39, 0.29) is 6.04 Å². The van der Waals surface area contributed by atoms with E-state index in [1.54, 1.807) is 0 Å². The fourth-order valence-electron chi connectivity index (χ4n) is 3.34. The largest absolute Gasteiger partial charge is 0.330 e. The molecule has 3 nitrogen and oxygen atoms in total. The predicted octanol–water partition coefficient (Wildman–Crippen LogP) is 3.60. The summed E-state index contributed by atoms with van der Waals surface area (Å²) in [7, 11) is 0. The average Bonchev–Trinajstić information content (AvgIpc) is 2.70. The van der Waals surface area contributed by atoms with Crippen molar-refractivity contribution in [2.75, 3.05) is 0 Å². The van der Waals surface area contributed by atoms with Gasteiger partial charge in [0.1, 0.15) is 0 Å². The van der Waals surface area contributed by atoms with Gasteiger partial charge in [-0.15, -0.1) is 0 Å². The van der Waals surface area contributed by atoms with Crippen molar-refractivity contribution in [2.45, 2.75) is 72.4 Å². The van der Waals surface area contributed by atoms with Crippen LogP contribution in [0.2, 0.25) is 0 Å². The maximum Gasteiger partial charge on any atom is 0.0954 e. The van der Waals surface area contributed by atoms with Crippen LogP contribution in [0.5, 0.6) is 0 Å². The van der Waals surface area contributed by atoms with Gasteiger partial charge in [-0.3, -0.25) is 0 Å². The molecule has 19 heavy (non-hydrogen) atoms. The van der Waals surface area contributed by atoms with E-state index >= 15 is 0 Å². The first-order valence-corrected chi connectivity index (χ1v) is 7.62. The zero-order valence-corrected chi connectivity index (χ0v) is 13.1. The molecule has 3 atom stereocenters. The lowest BCUT2D eigenvalue weighted by molar-refractivity contribution is 0.110. The molecule has 0 aromatic carbocycles. The van der Waals surface area contributed by atoms with Gasteiger partial charge < -0.3 is 10.3 Å². The molecule has 1 fully saturated rings. The van der Waals surface area contributed by atoms with E-state index in [0.29, 0.717) is 11.5 Å². The molecule has 3 heteroatoms. The Labute approximate surface area is 117 Å². The Bertz CT molecular complexity index is 433. The second-order valence-corrected chi connectivity index (χ2v) is 6.91. The highest BCUT2D eigenvalue weighted by molar-refractivity contribution is 5.11. The van der Waals surface area contributed by atoms with Gasteiger partial charge in [-0.05, 0) is 44.4 Å². The molecule has 2 rings (SSSR count). The van der Waals surface area contributed by atoms with Crippen molar-refractivity contribution in [3.8, 4) is 0 Å². The first kappa shape index (κ1) is 14.6. The highest BCUT2D eigenvalue weighted by Crippen LogP contribution is 2.43. The Hall–Kier alpha value is -0.830. The SMILES string of the molecule is CCC(C)(C)C1CCC(N)C(n2cnc(C)c2C)C1. The molecule has 1 heterocycles. The number of hydrogen-bond donors (Lipinski definition) is 1. The summed E-state index contributed by atoms with van der Waals surface area (Å²) in [4.78, 5) is 4.44. The number of nitrogens with two attached hydrogens (primary N) is 1. The number of hydrogen-bond acceptors (Lipinski definition) is 2. The van der Waals surface area contributed by atoms with Crippen molar-refractivity contribution in [2.24, 2.45) is 17.1 Å². The van der Waals surface area contributed by atoms with E-state index in [0.717, 1.165) is 18.0 Å². The van der Waals surface area contributed by atoms with Crippen molar-refractivity contribution in [1.29, 1.82) is 0 Å². The van der Waals surface area contributed by atoms with Crippen molar-refractivity contribution < 1.29 is 0 Å². The Morgan fingerprint density at radius 1 is 1.37 bits per heavy atom. The Kier molecular flexibility index (Phi) is 4.05. The first-order valence-electron chi connectivity index (χ1n) is 7.62. The first-order chi connectivity index (χ1) is 8.86. The van der Waals surface area contributed by atoms with Crippen molar-refractivity contribution in [1.82, 2.24) is 9.55 Å². The monoisotopic (exact) mass is 263 g/mol. The number of imidazole rings is 1. The summed E-state index contributed by atoms with van der Waals surface area (Å²) in [5, 5.41) is 0. The van der Waals surface area contributed by atoms with E-state index in [9.17, 15) is 0 Å². The summed E-state index contributed by atoms with van der Waals surface area (Å²) in [6.45, 7) is 11.3. The van der Waals surface area contributed by atoms with Crippen LogP contribution in [0.1, 0.15) is 63.9 Å². The second-order valence-electron chi connectivity index (χ2n) is 6.91. The van der Waals surface area contributed by atoms with Crippen LogP contribution in [0.15, 0.2) is 6.33 Å². The summed E-state index contributed by atoms with van der Waals surface area (Å²) in [5.41, 5.74) is 9.21. The lowest BCUT2D eigenvalue weighted by Gasteiger charge is -2.42. The van der Waals surface area contributed by atoms with E-state index in [1.165, 1.54) is 25.0 Å². The topological polar surface area (TPSA) is 43.8 Å². The Balaban J connectivity index is 2.22. The number of aromatic nitrogens is 2. The summed E-state index contributed by atoms with van der Waals surface area (Å²) < 4.78 is 2.32. The Morgan fingerprint density at radius 3 is 2.58 bits per heavy atom. The molecule has 0 saturated heterocycles. The van der Waals surface area contributed by atoms with Crippen LogP contribution in [0.25, 0.3) is 0 Å². The molecule has 0 spiro atoms. The smallest absolute Gasteiger partial charge is 0.0954 e. The van der Waals surface area contributed by atoms with Gasteiger partial charge in [-0.25, -0.2) is 4.98 Å². The van der Waals surface area contributed by atoms with E-state index in [4.69, 9.17) is 5.73 Å². The molecule has 1 aliphatic rings. The predicted molar refractivity (Wildman–Crippen MR) is 80.1 cm³/mol. The van der Waals surface area contributed by atoms with Crippen LogP contribution in [-0.2, 0) is 0 Å². The molecule has 0 radical (unpaired) electrons. The molecule has 1 saturated carbocycles. The molecule has 108 valence electrons. The maximum atomic E-state index is 6.39. The number of rotatable bonds is 3. The lowest BCUT2D eigenvalue weighted by Crippen LogP contribution is -2.41. The van der Waals surface area contributed by atoms with Crippen molar-refractivity contribution >= 4 is 0 Å². The number of aryl methyl sites for hydroxylation is 1. The van der Waals surface area contributed by atoms with Gasteiger partial charge in [0, 0.05) is 11.7 Å². The molecule has 1 aromatic heterocycles. The lowest BCUT2D eigenvalue weighted by atomic mass is 9.67. The standard InChI is InChI=1S/C16H29N3/c1-6-16(4,5)13-7-8-14(17)15(9-13)19-10-18-11(2)12(19)3/h10,13-15H,6-9,17H2,1-5H3. The van der Waals surface area contributed by atoms with Crippen molar-refractivity contribution in [3.63, 3.8) is 0 Å². The molecule has 1 aromatic rings. The van der Waals surface area contributed by atoms with Gasteiger partial charge in [0.15, 0.2) is 0 Å². The average molecular weight is 263 g/mol.